The topological polar surface area (TPSA) is 231 Å². The minimum Gasteiger partial charge on any atom is -0.282 e. The molecule has 0 bridgehead atoms. The first-order chi connectivity index (χ1) is 25.4. The molecule has 0 aliphatic rings. The second-order valence-corrected chi connectivity index (χ2v) is 21.0. The van der Waals surface area contributed by atoms with Crippen molar-refractivity contribution >= 4 is 88.1 Å². The van der Waals surface area contributed by atoms with Gasteiger partial charge in [0.1, 0.15) is 0 Å². The predicted octanol–water partition coefficient (Wildman–Crippen LogP) is 8.85. The maximum Gasteiger partial charge on any atom is 0.353 e. The van der Waals surface area contributed by atoms with E-state index in [-0.39, 0.29) is 36.8 Å². The molecule has 0 spiro atoms. The van der Waals surface area contributed by atoms with E-state index in [1.165, 1.54) is 42.0 Å². The molecule has 13 nitrogen and oxygen atoms in total. The van der Waals surface area contributed by atoms with Crippen molar-refractivity contribution in [3.63, 3.8) is 0 Å². The Kier molecular flexibility index (Phi) is 27.2. The van der Waals surface area contributed by atoms with Crippen LogP contribution < -0.4 is 0 Å². The highest BCUT2D eigenvalue weighted by Crippen LogP contribution is 2.18. The summed E-state index contributed by atoms with van der Waals surface area (Å²) in [7, 11) is -5.08. The van der Waals surface area contributed by atoms with Gasteiger partial charge in [-0.2, -0.15) is 25.3 Å². The smallest absolute Gasteiger partial charge is 0.282 e. The van der Waals surface area contributed by atoms with Gasteiger partial charge in [-0.15, -0.1) is 0 Å². The zero-order chi connectivity index (χ0) is 43.5. The summed E-state index contributed by atoms with van der Waals surface area (Å²) in [4.78, 5) is 0.231. The third-order valence-corrected chi connectivity index (χ3v) is 11.0. The third kappa shape index (κ3) is 28.2. The molecule has 0 heterocycles. The van der Waals surface area contributed by atoms with Crippen LogP contribution in [0.1, 0.15) is 36.7 Å². The summed E-state index contributed by atoms with van der Waals surface area (Å²) in [6.07, 6.45) is 0. The van der Waals surface area contributed by atoms with Gasteiger partial charge in [-0.05, 0) is 82.1 Å². The summed E-state index contributed by atoms with van der Waals surface area (Å²) in [6, 6.07) is 35.5. The Morgan fingerprint density at radius 3 is 0.914 bits per heavy atom. The lowest BCUT2D eigenvalue weighted by Gasteiger charge is -1.99. The first kappa shape index (κ1) is 59.0. The summed E-state index contributed by atoms with van der Waals surface area (Å²) in [6.45, 7) is 9.14. The van der Waals surface area contributed by atoms with E-state index < -0.39 is 47.7 Å². The van der Waals surface area contributed by atoms with E-state index in [1.807, 2.05) is 32.0 Å². The Bertz CT molecular complexity index is 2390. The van der Waals surface area contributed by atoms with E-state index in [9.17, 15) is 33.7 Å². The van der Waals surface area contributed by atoms with Crippen LogP contribution in [0.2, 0.25) is 0 Å². The molecule has 0 aliphatic carbocycles. The summed E-state index contributed by atoms with van der Waals surface area (Å²) in [5.74, 6) is 0. The minimum absolute atomic E-state index is 0. The SMILES string of the molecule is C.Cc1ccc(S(=O)(=O)Cl)cc1.Cc1ccc(S(=O)(=O)O)cc1.Cc1ccccc1.Cc1ccccc1S(=O)(=O)Cl.Cc1ccccc1S(=O)(=O)O.O=S(=O)(O)Cl.[2HH].[B]. The average Bonchev–Trinajstić information content (AvgIpc) is 3.05. The fraction of sp³-hybridized carbons (Fsp3) is 0.167. The number of hydrogen-bond acceptors (Lipinski definition) is 10. The molecule has 22 heteroatoms. The molecular weight excluding hydrogens is 918 g/mol. The van der Waals surface area contributed by atoms with Gasteiger partial charge in [0, 0.05) is 41.9 Å². The Labute approximate surface area is 359 Å². The zero-order valence-electron chi connectivity index (χ0n) is 30.8. The predicted molar refractivity (Wildman–Crippen MR) is 234 cm³/mol. The Balaban J connectivity index is -0.000000309. The summed E-state index contributed by atoms with van der Waals surface area (Å²) in [5, 5.41) is 0. The average molecular weight is 964 g/mol. The number of hydrogen-bond donors (Lipinski definition) is 3. The summed E-state index contributed by atoms with van der Waals surface area (Å²) >= 11 is 0. The normalized spacial score (nSPS) is 10.7. The van der Waals surface area contributed by atoms with Gasteiger partial charge in [0.15, 0.2) is 0 Å². The van der Waals surface area contributed by atoms with Crippen LogP contribution in [-0.4, -0.2) is 64.2 Å². The molecule has 0 atom stereocenters. The Morgan fingerprint density at radius 2 is 0.690 bits per heavy atom. The number of benzene rings is 5. The minimum atomic E-state index is -4.19. The van der Waals surface area contributed by atoms with E-state index in [2.05, 4.69) is 29.7 Å². The van der Waals surface area contributed by atoms with Crippen LogP contribution in [0.3, 0.4) is 0 Å². The summed E-state index contributed by atoms with van der Waals surface area (Å²) < 4.78 is 128. The van der Waals surface area contributed by atoms with E-state index in [1.54, 1.807) is 74.5 Å². The van der Waals surface area contributed by atoms with E-state index in [4.69, 9.17) is 43.4 Å². The molecule has 0 aromatic heterocycles. The molecular formula is C36H45BCl3O13S5. The van der Waals surface area contributed by atoms with Gasteiger partial charge >= 0.3 is 9.33 Å². The lowest BCUT2D eigenvalue weighted by Crippen LogP contribution is -1.99. The monoisotopic (exact) mass is 962 g/mol. The quantitative estimate of drug-likeness (QED) is 0.0869. The number of halogens is 3. The lowest BCUT2D eigenvalue weighted by molar-refractivity contribution is 0.480. The highest BCUT2D eigenvalue weighted by molar-refractivity contribution is 8.14. The lowest BCUT2D eigenvalue weighted by atomic mass is 10.2. The summed E-state index contributed by atoms with van der Waals surface area (Å²) in [5.41, 5.74) is 4.51. The highest BCUT2D eigenvalue weighted by Gasteiger charge is 2.12. The van der Waals surface area contributed by atoms with Gasteiger partial charge in [0.05, 0.1) is 19.6 Å². The fourth-order valence-corrected chi connectivity index (χ4v) is 6.81. The van der Waals surface area contributed by atoms with Gasteiger partial charge in [0.25, 0.3) is 38.3 Å². The molecule has 0 unspecified atom stereocenters. The van der Waals surface area contributed by atoms with Crippen molar-refractivity contribution in [2.24, 2.45) is 0 Å². The molecule has 0 saturated carbocycles. The number of aryl methyl sites for hydroxylation is 5. The van der Waals surface area contributed by atoms with Crippen molar-refractivity contribution in [3.8, 4) is 0 Å². The van der Waals surface area contributed by atoms with Crippen molar-refractivity contribution in [2.75, 3.05) is 0 Å². The van der Waals surface area contributed by atoms with Crippen molar-refractivity contribution in [1.29, 1.82) is 0 Å². The molecule has 3 radical (unpaired) electrons. The fourth-order valence-electron chi connectivity index (χ4n) is 3.62. The first-order valence-corrected chi connectivity index (χ1v) is 25.0. The van der Waals surface area contributed by atoms with Crippen LogP contribution in [0.5, 0.6) is 0 Å². The van der Waals surface area contributed by atoms with Gasteiger partial charge in [-0.3, -0.25) is 13.7 Å². The number of rotatable bonds is 4. The van der Waals surface area contributed by atoms with Crippen molar-refractivity contribution < 1.29 is 57.2 Å². The van der Waals surface area contributed by atoms with Crippen molar-refractivity contribution in [2.45, 2.75) is 61.6 Å². The molecule has 5 rings (SSSR count). The van der Waals surface area contributed by atoms with Gasteiger partial charge in [-0.1, -0.05) is 115 Å². The molecule has 0 saturated heterocycles. The molecule has 5 aromatic rings. The van der Waals surface area contributed by atoms with E-state index >= 15 is 0 Å². The molecule has 0 amide bonds. The molecule has 3 N–H and O–H groups in total. The maximum absolute atomic E-state index is 10.8. The van der Waals surface area contributed by atoms with Crippen LogP contribution in [-0.2, 0) is 47.7 Å². The van der Waals surface area contributed by atoms with Gasteiger partial charge in [0.2, 0.25) is 0 Å². The first-order valence-electron chi connectivity index (χ1n) is 15.2. The van der Waals surface area contributed by atoms with Crippen LogP contribution >= 0.6 is 32.0 Å². The maximum atomic E-state index is 10.8. The molecule has 0 aliphatic heterocycles. The van der Waals surface area contributed by atoms with E-state index in [0.717, 1.165) is 11.1 Å². The Morgan fingerprint density at radius 1 is 0.397 bits per heavy atom. The molecule has 0 fully saturated rings. The van der Waals surface area contributed by atoms with Crippen LogP contribution in [0, 0.1) is 34.6 Å². The standard InChI is InChI=1S/2C7H7ClO2S.2C7H8O3S.C7H8.CH4.B.ClHO3S.H2/c1-6-2-4-7(5-3-6)11(8,9)10;1-6-4-2-3-5-7(6)11(8,9)10;1-6-2-4-7(5-3-6)11(8,9)10;1-6-4-2-3-5-7(6)11(8,9)10;1-7-5-3-2-4-6-7;;;1-5(2,3)4;/h2*2-5H,1H3;2*2-5H,1H3,(H,8,9,10);2-6H,1H3;1H4;;(H,2,3,4);1H/i;;;;;;;;1+1. The van der Waals surface area contributed by atoms with Crippen LogP contribution in [0.4, 0.5) is 0 Å². The Hall–Kier alpha value is -3.34. The van der Waals surface area contributed by atoms with Gasteiger partial charge in [-0.25, -0.2) is 16.8 Å². The van der Waals surface area contributed by atoms with Gasteiger partial charge < -0.3 is 0 Å². The second kappa shape index (κ2) is 26.7. The zero-order valence-corrected chi connectivity index (χ0v) is 37.2. The van der Waals surface area contributed by atoms with Crippen LogP contribution in [0.25, 0.3) is 0 Å². The third-order valence-electron chi connectivity index (χ3n) is 6.29. The second-order valence-electron chi connectivity index (χ2n) is 11.0. The van der Waals surface area contributed by atoms with E-state index in [0.29, 0.717) is 11.1 Å². The highest BCUT2D eigenvalue weighted by atomic mass is 35.7. The molecule has 5 aromatic carbocycles. The molecule has 321 valence electrons. The van der Waals surface area contributed by atoms with Crippen molar-refractivity contribution in [1.82, 2.24) is 0 Å². The van der Waals surface area contributed by atoms with Crippen LogP contribution in [0.15, 0.2) is 147 Å². The largest absolute Gasteiger partial charge is 0.353 e. The van der Waals surface area contributed by atoms with Crippen molar-refractivity contribution in [3.05, 3.63) is 155 Å². The molecule has 58 heavy (non-hydrogen) atoms.